The first kappa shape index (κ1) is 11.5. The van der Waals surface area contributed by atoms with Crippen molar-refractivity contribution in [3.63, 3.8) is 0 Å². The Labute approximate surface area is 87.6 Å². The molecule has 1 aliphatic carbocycles. The van der Waals surface area contributed by atoms with E-state index in [4.69, 9.17) is 0 Å². The van der Waals surface area contributed by atoms with Gasteiger partial charge >= 0.3 is 0 Å². The molecule has 0 N–H and O–H groups in total. The van der Waals surface area contributed by atoms with Crippen molar-refractivity contribution < 1.29 is 4.79 Å². The van der Waals surface area contributed by atoms with E-state index < -0.39 is 0 Å². The van der Waals surface area contributed by atoms with Gasteiger partial charge in [-0.25, -0.2) is 0 Å². The molecule has 0 saturated carbocycles. The van der Waals surface area contributed by atoms with Crippen molar-refractivity contribution >= 4 is 5.78 Å². The monoisotopic (exact) mass is 194 g/mol. The third kappa shape index (κ3) is 2.97. The molecular formula is C13H22O. The van der Waals surface area contributed by atoms with Crippen LogP contribution in [0, 0.1) is 17.8 Å². The summed E-state index contributed by atoms with van der Waals surface area (Å²) in [6, 6.07) is 0. The van der Waals surface area contributed by atoms with Gasteiger partial charge in [-0.2, -0.15) is 0 Å². The number of hydrogen-bond donors (Lipinski definition) is 0. The Morgan fingerprint density at radius 3 is 2.43 bits per heavy atom. The molecule has 1 atom stereocenters. The highest BCUT2D eigenvalue weighted by atomic mass is 16.1. The molecule has 0 bridgehead atoms. The number of hydrogen-bond acceptors (Lipinski definition) is 1. The summed E-state index contributed by atoms with van der Waals surface area (Å²) in [5.41, 5.74) is 1.08. The van der Waals surface area contributed by atoms with Gasteiger partial charge in [0.2, 0.25) is 0 Å². The Morgan fingerprint density at radius 2 is 2.00 bits per heavy atom. The highest BCUT2D eigenvalue weighted by molar-refractivity contribution is 5.96. The summed E-state index contributed by atoms with van der Waals surface area (Å²) in [6.07, 6.45) is 5.02. The van der Waals surface area contributed by atoms with Gasteiger partial charge in [-0.1, -0.05) is 33.8 Å². The molecule has 0 aromatic rings. The zero-order valence-corrected chi connectivity index (χ0v) is 9.84. The molecule has 0 spiro atoms. The summed E-state index contributed by atoms with van der Waals surface area (Å²) < 4.78 is 0. The van der Waals surface area contributed by atoms with E-state index in [9.17, 15) is 4.79 Å². The van der Waals surface area contributed by atoms with Crippen LogP contribution < -0.4 is 0 Å². The van der Waals surface area contributed by atoms with Crippen molar-refractivity contribution in [1.82, 2.24) is 0 Å². The maximum Gasteiger partial charge on any atom is 0.158 e. The number of rotatable bonds is 3. The first-order valence-electron chi connectivity index (χ1n) is 5.73. The average molecular weight is 194 g/mol. The normalized spacial score (nSPS) is 23.1. The number of carbonyl (C=O) groups is 1. The second-order valence-electron chi connectivity index (χ2n) is 5.19. The lowest BCUT2D eigenvalue weighted by molar-refractivity contribution is -0.117. The predicted molar refractivity (Wildman–Crippen MR) is 60.1 cm³/mol. The lowest BCUT2D eigenvalue weighted by Crippen LogP contribution is -2.20. The number of carbonyl (C=O) groups excluding carboxylic acids is 1. The van der Waals surface area contributed by atoms with Gasteiger partial charge in [0.1, 0.15) is 0 Å². The van der Waals surface area contributed by atoms with Crippen molar-refractivity contribution in [1.29, 1.82) is 0 Å². The van der Waals surface area contributed by atoms with E-state index in [1.54, 1.807) is 0 Å². The Hall–Kier alpha value is -0.590. The number of ketones is 1. The van der Waals surface area contributed by atoms with Gasteiger partial charge in [0.05, 0.1) is 0 Å². The molecule has 0 aromatic heterocycles. The van der Waals surface area contributed by atoms with Crippen molar-refractivity contribution in [3.8, 4) is 0 Å². The minimum atomic E-state index is 0.392. The first-order chi connectivity index (χ1) is 6.50. The topological polar surface area (TPSA) is 17.1 Å². The van der Waals surface area contributed by atoms with Gasteiger partial charge in [0.15, 0.2) is 5.78 Å². The molecule has 0 amide bonds. The van der Waals surface area contributed by atoms with Crippen molar-refractivity contribution in [2.75, 3.05) is 0 Å². The van der Waals surface area contributed by atoms with Gasteiger partial charge in [-0.05, 0) is 36.2 Å². The maximum atomic E-state index is 11.8. The largest absolute Gasteiger partial charge is 0.295 e. The van der Waals surface area contributed by atoms with Crippen LogP contribution in [-0.4, -0.2) is 5.78 Å². The molecule has 1 rings (SSSR count). The third-order valence-corrected chi connectivity index (χ3v) is 3.04. The molecule has 0 aliphatic heterocycles. The zero-order valence-electron chi connectivity index (χ0n) is 9.84. The van der Waals surface area contributed by atoms with Crippen molar-refractivity contribution in [2.24, 2.45) is 17.8 Å². The third-order valence-electron chi connectivity index (χ3n) is 3.04. The van der Waals surface area contributed by atoms with Gasteiger partial charge < -0.3 is 0 Å². The Bertz CT molecular complexity index is 236. The molecule has 0 radical (unpaired) electrons. The summed E-state index contributed by atoms with van der Waals surface area (Å²) in [6.45, 7) is 8.75. The van der Waals surface area contributed by atoms with Crippen LogP contribution in [0.4, 0.5) is 0 Å². The molecular weight excluding hydrogens is 172 g/mol. The van der Waals surface area contributed by atoms with Crippen LogP contribution in [0.25, 0.3) is 0 Å². The Balaban J connectivity index is 2.60. The zero-order chi connectivity index (χ0) is 10.7. The van der Waals surface area contributed by atoms with Crippen LogP contribution in [0.1, 0.15) is 47.0 Å². The highest BCUT2D eigenvalue weighted by Crippen LogP contribution is 2.29. The molecule has 14 heavy (non-hydrogen) atoms. The van der Waals surface area contributed by atoms with Crippen LogP contribution in [0.2, 0.25) is 0 Å². The van der Waals surface area contributed by atoms with E-state index in [1.807, 2.05) is 0 Å². The second kappa shape index (κ2) is 4.77. The van der Waals surface area contributed by atoms with E-state index in [1.165, 1.54) is 0 Å². The second-order valence-corrected chi connectivity index (χ2v) is 5.19. The van der Waals surface area contributed by atoms with Crippen LogP contribution in [-0.2, 0) is 4.79 Å². The number of allylic oxidation sites excluding steroid dienone is 2. The smallest absolute Gasteiger partial charge is 0.158 e. The van der Waals surface area contributed by atoms with Crippen LogP contribution >= 0.6 is 0 Å². The molecule has 1 aliphatic rings. The molecule has 1 heteroatoms. The van der Waals surface area contributed by atoms with E-state index in [-0.39, 0.29) is 0 Å². The summed E-state index contributed by atoms with van der Waals surface area (Å²) in [5.74, 6) is 2.21. The van der Waals surface area contributed by atoms with E-state index in [0.29, 0.717) is 23.5 Å². The minimum Gasteiger partial charge on any atom is -0.295 e. The quantitative estimate of drug-likeness (QED) is 0.671. The van der Waals surface area contributed by atoms with Crippen LogP contribution in [0.3, 0.4) is 0 Å². The summed E-state index contributed by atoms with van der Waals surface area (Å²) >= 11 is 0. The van der Waals surface area contributed by atoms with Crippen molar-refractivity contribution in [2.45, 2.75) is 47.0 Å². The van der Waals surface area contributed by atoms with Crippen molar-refractivity contribution in [3.05, 3.63) is 11.6 Å². The SMILES string of the molecule is CC(C)CC1=CC[C@@H](C(C)C)CC1=O. The summed E-state index contributed by atoms with van der Waals surface area (Å²) in [7, 11) is 0. The number of Topliss-reactive ketones (excluding diaryl/α,β-unsaturated/α-hetero) is 1. The maximum absolute atomic E-state index is 11.8. The molecule has 0 unspecified atom stereocenters. The van der Waals surface area contributed by atoms with Gasteiger partial charge in [0, 0.05) is 6.42 Å². The standard InChI is InChI=1S/C13H22O/c1-9(2)7-12-6-5-11(10(3)4)8-13(12)14/h6,9-11H,5,7-8H2,1-4H3/t11-/m1/s1. The predicted octanol–water partition coefficient (Wildman–Crippen LogP) is 3.59. The van der Waals surface area contributed by atoms with Gasteiger partial charge in [0.25, 0.3) is 0 Å². The fraction of sp³-hybridized carbons (Fsp3) is 0.769. The van der Waals surface area contributed by atoms with E-state index in [2.05, 4.69) is 33.8 Å². The lowest BCUT2D eigenvalue weighted by Gasteiger charge is -2.24. The molecule has 0 saturated heterocycles. The molecule has 0 heterocycles. The van der Waals surface area contributed by atoms with Gasteiger partial charge in [-0.3, -0.25) is 4.79 Å². The van der Waals surface area contributed by atoms with Crippen LogP contribution in [0.5, 0.6) is 0 Å². The highest BCUT2D eigenvalue weighted by Gasteiger charge is 2.23. The fourth-order valence-corrected chi connectivity index (χ4v) is 2.00. The first-order valence-corrected chi connectivity index (χ1v) is 5.73. The Morgan fingerprint density at radius 1 is 1.36 bits per heavy atom. The summed E-state index contributed by atoms with van der Waals surface area (Å²) in [5, 5.41) is 0. The minimum absolute atomic E-state index is 0.392. The van der Waals surface area contributed by atoms with E-state index in [0.717, 1.165) is 24.8 Å². The van der Waals surface area contributed by atoms with Crippen LogP contribution in [0.15, 0.2) is 11.6 Å². The molecule has 1 nitrogen and oxygen atoms in total. The molecule has 80 valence electrons. The molecule has 0 aromatic carbocycles. The summed E-state index contributed by atoms with van der Waals surface area (Å²) in [4.78, 5) is 11.8. The average Bonchev–Trinajstić information content (AvgIpc) is 2.07. The lowest BCUT2D eigenvalue weighted by atomic mass is 9.80. The molecule has 0 fully saturated rings. The fourth-order valence-electron chi connectivity index (χ4n) is 2.00. The van der Waals surface area contributed by atoms with E-state index >= 15 is 0 Å². The Kier molecular flexibility index (Phi) is 3.91. The van der Waals surface area contributed by atoms with Gasteiger partial charge in [-0.15, -0.1) is 0 Å².